The molecule has 0 saturated heterocycles. The number of nitrogens with zero attached hydrogens (tertiary/aromatic N) is 1. The third kappa shape index (κ3) is 1.79. The maximum absolute atomic E-state index is 8.97. The number of nitriles is 1. The summed E-state index contributed by atoms with van der Waals surface area (Å²) in [5, 5.41) is 15.5. The predicted octanol–water partition coefficient (Wildman–Crippen LogP) is 3.26. The lowest BCUT2D eigenvalue weighted by Gasteiger charge is -2.06. The predicted molar refractivity (Wildman–Crippen MR) is 85.4 cm³/mol. The van der Waals surface area contributed by atoms with E-state index in [9.17, 15) is 0 Å². The van der Waals surface area contributed by atoms with Crippen LogP contribution in [0.3, 0.4) is 0 Å². The molecule has 0 heterocycles. The van der Waals surface area contributed by atoms with E-state index in [1.165, 1.54) is 10.8 Å². The summed E-state index contributed by atoms with van der Waals surface area (Å²) in [6, 6.07) is 18.5. The summed E-state index contributed by atoms with van der Waals surface area (Å²) in [7, 11) is 0. The molecule has 94 valence electrons. The largest absolute Gasteiger partial charge is 0.192 e. The average molecular weight is 255 g/mol. The van der Waals surface area contributed by atoms with Crippen molar-refractivity contribution in [2.45, 2.75) is 0 Å². The second kappa shape index (κ2) is 4.68. The summed E-state index contributed by atoms with van der Waals surface area (Å²) in [5.74, 6) is 0. The van der Waals surface area contributed by atoms with Crippen LogP contribution in [-0.2, 0) is 0 Å². The highest BCUT2D eigenvalue weighted by Gasteiger charge is 2.03. The molecular formula is C19H13N. The van der Waals surface area contributed by atoms with Crippen LogP contribution in [0.4, 0.5) is 0 Å². The molecule has 3 aromatic carbocycles. The Morgan fingerprint density at radius 2 is 1.40 bits per heavy atom. The van der Waals surface area contributed by atoms with Gasteiger partial charge < -0.3 is 0 Å². The lowest BCUT2D eigenvalue weighted by atomic mass is 9.97. The van der Waals surface area contributed by atoms with Gasteiger partial charge in [0, 0.05) is 5.57 Å². The Balaban J connectivity index is 2.66. The minimum Gasteiger partial charge on any atom is -0.192 e. The van der Waals surface area contributed by atoms with Crippen LogP contribution in [0.5, 0.6) is 0 Å². The third-order valence-electron chi connectivity index (χ3n) is 3.55. The summed E-state index contributed by atoms with van der Waals surface area (Å²) in [5.41, 5.74) is 0.440. The van der Waals surface area contributed by atoms with E-state index in [4.69, 9.17) is 5.26 Å². The number of allylic oxidation sites excluding steroid dienone is 1. The number of benzene rings is 3. The SMILES string of the molecule is C=C(C#N)/C=c1\c(=C)c2ccccc2c2ccccc12. The summed E-state index contributed by atoms with van der Waals surface area (Å²) in [6.07, 6.45) is 1.82. The lowest BCUT2D eigenvalue weighted by Crippen LogP contribution is -2.25. The Morgan fingerprint density at radius 1 is 0.900 bits per heavy atom. The molecule has 0 aliphatic carbocycles. The van der Waals surface area contributed by atoms with Crippen LogP contribution < -0.4 is 10.4 Å². The van der Waals surface area contributed by atoms with Crippen molar-refractivity contribution in [1.82, 2.24) is 0 Å². The Labute approximate surface area is 117 Å². The molecule has 0 amide bonds. The summed E-state index contributed by atoms with van der Waals surface area (Å²) < 4.78 is 0. The van der Waals surface area contributed by atoms with Gasteiger partial charge in [0.15, 0.2) is 0 Å². The highest BCUT2D eigenvalue weighted by atomic mass is 14.2. The van der Waals surface area contributed by atoms with Crippen molar-refractivity contribution in [2.75, 3.05) is 0 Å². The Bertz CT molecular complexity index is 988. The normalized spacial score (nSPS) is 11.7. The second-order valence-electron chi connectivity index (χ2n) is 4.76. The van der Waals surface area contributed by atoms with Crippen LogP contribution >= 0.6 is 0 Å². The van der Waals surface area contributed by atoms with Gasteiger partial charge in [-0.05, 0) is 38.1 Å². The Hall–Kier alpha value is -2.85. The van der Waals surface area contributed by atoms with E-state index in [-0.39, 0.29) is 0 Å². The average Bonchev–Trinajstić information content (AvgIpc) is 2.51. The van der Waals surface area contributed by atoms with Gasteiger partial charge in [-0.3, -0.25) is 0 Å². The molecule has 0 atom stereocenters. The maximum Gasteiger partial charge on any atom is 0.0985 e. The highest BCUT2D eigenvalue weighted by Crippen LogP contribution is 2.19. The molecular weight excluding hydrogens is 242 g/mol. The minimum atomic E-state index is 0.440. The van der Waals surface area contributed by atoms with Gasteiger partial charge in [0.25, 0.3) is 0 Å². The molecule has 0 aromatic heterocycles. The molecule has 0 aliphatic heterocycles. The first-order chi connectivity index (χ1) is 9.72. The zero-order valence-electron chi connectivity index (χ0n) is 11.1. The standard InChI is InChI=1S/C19H13N/c1-13(12-20)11-19-14(2)15-7-3-4-8-16(15)17-9-5-6-10-18(17)19/h3-11H,1-2H2/b19-11+. The lowest BCUT2D eigenvalue weighted by molar-refractivity contribution is 1.51. The van der Waals surface area contributed by atoms with E-state index < -0.39 is 0 Å². The molecule has 0 radical (unpaired) electrons. The van der Waals surface area contributed by atoms with E-state index in [1.54, 1.807) is 0 Å². The van der Waals surface area contributed by atoms with E-state index in [0.29, 0.717) is 5.57 Å². The quantitative estimate of drug-likeness (QED) is 0.483. The fraction of sp³-hybridized carbons (Fsp3) is 0. The van der Waals surface area contributed by atoms with Crippen LogP contribution in [0.2, 0.25) is 0 Å². The maximum atomic E-state index is 8.97. The fourth-order valence-electron chi connectivity index (χ4n) is 2.61. The van der Waals surface area contributed by atoms with Crippen LogP contribution in [0.15, 0.2) is 60.7 Å². The van der Waals surface area contributed by atoms with Crippen molar-refractivity contribution in [1.29, 1.82) is 5.26 Å². The monoisotopic (exact) mass is 255 g/mol. The van der Waals surface area contributed by atoms with Crippen molar-refractivity contribution < 1.29 is 0 Å². The van der Waals surface area contributed by atoms with Gasteiger partial charge >= 0.3 is 0 Å². The topological polar surface area (TPSA) is 23.8 Å². The molecule has 0 N–H and O–H groups in total. The Kier molecular flexibility index (Phi) is 2.85. The molecule has 0 spiro atoms. The van der Waals surface area contributed by atoms with Gasteiger partial charge in [0.1, 0.15) is 0 Å². The van der Waals surface area contributed by atoms with Crippen molar-refractivity contribution in [3.63, 3.8) is 0 Å². The van der Waals surface area contributed by atoms with E-state index in [2.05, 4.69) is 43.5 Å². The van der Waals surface area contributed by atoms with Crippen molar-refractivity contribution in [3.05, 3.63) is 71.1 Å². The van der Waals surface area contributed by atoms with Crippen molar-refractivity contribution >= 4 is 34.2 Å². The van der Waals surface area contributed by atoms with E-state index >= 15 is 0 Å². The highest BCUT2D eigenvalue weighted by molar-refractivity contribution is 6.08. The number of hydrogen-bond donors (Lipinski definition) is 0. The number of hydrogen-bond acceptors (Lipinski definition) is 1. The van der Waals surface area contributed by atoms with E-state index in [1.807, 2.05) is 30.3 Å². The van der Waals surface area contributed by atoms with Crippen molar-refractivity contribution in [3.8, 4) is 6.07 Å². The summed E-state index contributed by atoms with van der Waals surface area (Å²) in [4.78, 5) is 0. The van der Waals surface area contributed by atoms with Gasteiger partial charge in [0.2, 0.25) is 0 Å². The molecule has 0 unspecified atom stereocenters. The number of rotatable bonds is 1. The van der Waals surface area contributed by atoms with Gasteiger partial charge in [-0.2, -0.15) is 5.26 Å². The van der Waals surface area contributed by atoms with E-state index in [0.717, 1.165) is 21.2 Å². The van der Waals surface area contributed by atoms with Crippen LogP contribution in [0.1, 0.15) is 0 Å². The molecule has 0 fully saturated rings. The third-order valence-corrected chi connectivity index (χ3v) is 3.55. The Morgan fingerprint density at radius 3 is 2.00 bits per heavy atom. The molecule has 0 aliphatic rings. The molecule has 0 saturated carbocycles. The molecule has 1 nitrogen and oxygen atoms in total. The smallest absolute Gasteiger partial charge is 0.0985 e. The van der Waals surface area contributed by atoms with Gasteiger partial charge in [-0.15, -0.1) is 0 Å². The van der Waals surface area contributed by atoms with Crippen molar-refractivity contribution in [2.24, 2.45) is 0 Å². The summed E-state index contributed by atoms with van der Waals surface area (Å²) >= 11 is 0. The van der Waals surface area contributed by atoms with Gasteiger partial charge in [-0.25, -0.2) is 0 Å². The van der Waals surface area contributed by atoms with Crippen LogP contribution in [-0.4, -0.2) is 0 Å². The molecule has 0 bridgehead atoms. The molecule has 3 rings (SSSR count). The van der Waals surface area contributed by atoms with Crippen LogP contribution in [0, 0.1) is 11.3 Å². The van der Waals surface area contributed by atoms with Gasteiger partial charge in [-0.1, -0.05) is 61.7 Å². The van der Waals surface area contributed by atoms with Crippen LogP contribution in [0.25, 0.3) is 34.2 Å². The number of fused-ring (bicyclic) bond motifs is 3. The van der Waals surface area contributed by atoms with Gasteiger partial charge in [0.05, 0.1) is 6.07 Å². The first kappa shape index (κ1) is 12.2. The molecule has 3 aromatic rings. The second-order valence-corrected chi connectivity index (χ2v) is 4.76. The summed E-state index contributed by atoms with van der Waals surface area (Å²) in [6.45, 7) is 7.96. The minimum absolute atomic E-state index is 0.440. The first-order valence-electron chi connectivity index (χ1n) is 6.41. The molecule has 20 heavy (non-hydrogen) atoms. The first-order valence-corrected chi connectivity index (χ1v) is 6.41. The zero-order chi connectivity index (χ0) is 14.1. The zero-order valence-corrected chi connectivity index (χ0v) is 11.1. The molecule has 1 heteroatoms. The fourth-order valence-corrected chi connectivity index (χ4v) is 2.61.